The summed E-state index contributed by atoms with van der Waals surface area (Å²) in [5.74, 6) is -0.545. The number of nitrogen functional groups attached to an aromatic ring is 1. The number of alkyl halides is 3. The zero-order valence-corrected chi connectivity index (χ0v) is 8.04. The Kier molecular flexibility index (Phi) is 3.35. The Bertz CT molecular complexity index is 400. The minimum Gasteiger partial charge on any atom is -0.383 e. The third kappa shape index (κ3) is 2.12. The molecule has 0 amide bonds. The second kappa shape index (κ2) is 4.35. The van der Waals surface area contributed by atoms with E-state index < -0.39 is 22.6 Å². The number of aromatic nitrogens is 1. The monoisotopic (exact) mass is 237 g/mol. The van der Waals surface area contributed by atoms with Crippen LogP contribution in [-0.2, 0) is 5.88 Å². The minimum absolute atomic E-state index is 0.181. The molecule has 0 atom stereocenters. The highest BCUT2D eigenvalue weighted by atomic mass is 35.5. The second-order valence-corrected chi connectivity index (χ2v) is 2.88. The first-order chi connectivity index (χ1) is 6.99. The average Bonchev–Trinajstić information content (AvgIpc) is 2.16. The van der Waals surface area contributed by atoms with Gasteiger partial charge < -0.3 is 5.73 Å². The van der Waals surface area contributed by atoms with E-state index in [9.17, 15) is 18.9 Å². The molecule has 0 saturated carbocycles. The molecule has 2 N–H and O–H groups in total. The Morgan fingerprint density at radius 2 is 2.27 bits per heavy atom. The maximum Gasteiger partial charge on any atom is 0.287 e. The first-order valence-electron chi connectivity index (χ1n) is 3.74. The molecule has 82 valence electrons. The lowest BCUT2D eigenvalue weighted by Gasteiger charge is -2.06. The summed E-state index contributed by atoms with van der Waals surface area (Å²) in [4.78, 5) is 13.1. The van der Waals surface area contributed by atoms with Crippen LogP contribution in [0.2, 0.25) is 0 Å². The molecule has 1 aromatic rings. The van der Waals surface area contributed by atoms with Crippen LogP contribution >= 0.6 is 11.6 Å². The number of anilines is 1. The number of hydrogen-bond acceptors (Lipinski definition) is 4. The van der Waals surface area contributed by atoms with Crippen LogP contribution in [0.1, 0.15) is 17.6 Å². The first-order valence-corrected chi connectivity index (χ1v) is 4.28. The number of nitrogens with zero attached hydrogens (tertiary/aromatic N) is 2. The summed E-state index contributed by atoms with van der Waals surface area (Å²) in [5, 5.41) is 10.6. The largest absolute Gasteiger partial charge is 0.383 e. The van der Waals surface area contributed by atoms with Gasteiger partial charge in [-0.15, -0.1) is 11.6 Å². The van der Waals surface area contributed by atoms with Crippen LogP contribution in [0.15, 0.2) is 6.20 Å². The summed E-state index contributed by atoms with van der Waals surface area (Å²) in [6.07, 6.45) is -2.30. The highest BCUT2D eigenvalue weighted by molar-refractivity contribution is 6.17. The first kappa shape index (κ1) is 11.6. The van der Waals surface area contributed by atoms with Crippen LogP contribution in [0, 0.1) is 10.1 Å². The van der Waals surface area contributed by atoms with Crippen LogP contribution in [0.5, 0.6) is 0 Å². The average molecular weight is 238 g/mol. The van der Waals surface area contributed by atoms with Crippen molar-refractivity contribution in [3.05, 3.63) is 27.4 Å². The zero-order chi connectivity index (χ0) is 11.6. The summed E-state index contributed by atoms with van der Waals surface area (Å²) in [5.41, 5.74) is 3.58. The van der Waals surface area contributed by atoms with Gasteiger partial charge >= 0.3 is 0 Å². The molecule has 0 unspecified atom stereocenters. The molecule has 0 spiro atoms. The van der Waals surface area contributed by atoms with Gasteiger partial charge in [-0.2, -0.15) is 0 Å². The maximum absolute atomic E-state index is 12.4. The fourth-order valence-corrected chi connectivity index (χ4v) is 1.34. The topological polar surface area (TPSA) is 82.0 Å². The predicted molar refractivity (Wildman–Crippen MR) is 49.8 cm³/mol. The normalized spacial score (nSPS) is 10.7. The van der Waals surface area contributed by atoms with Gasteiger partial charge in [-0.25, -0.2) is 13.8 Å². The SMILES string of the molecule is Nc1ncc(C(F)F)c([N+](=O)[O-])c1CCl. The van der Waals surface area contributed by atoms with Gasteiger partial charge in [0.25, 0.3) is 12.1 Å². The highest BCUT2D eigenvalue weighted by Gasteiger charge is 2.27. The van der Waals surface area contributed by atoms with Gasteiger partial charge in [0.15, 0.2) is 0 Å². The standard InChI is InChI=1S/C7H6ClF2N3O2/c8-1-3-5(13(14)15)4(6(9)10)2-12-7(3)11/h2,6H,1H2,(H2,11,12). The lowest BCUT2D eigenvalue weighted by molar-refractivity contribution is -0.386. The predicted octanol–water partition coefficient (Wildman–Crippen LogP) is 2.25. The third-order valence-electron chi connectivity index (χ3n) is 1.76. The molecule has 0 aliphatic carbocycles. The van der Waals surface area contributed by atoms with Crippen molar-refractivity contribution in [1.29, 1.82) is 0 Å². The van der Waals surface area contributed by atoms with Crippen LogP contribution in [0.25, 0.3) is 0 Å². The third-order valence-corrected chi connectivity index (χ3v) is 2.03. The summed E-state index contributed by atoms with van der Waals surface area (Å²) < 4.78 is 24.8. The number of halogens is 3. The van der Waals surface area contributed by atoms with Crippen LogP contribution < -0.4 is 5.73 Å². The lowest BCUT2D eigenvalue weighted by atomic mass is 10.1. The smallest absolute Gasteiger partial charge is 0.287 e. The number of rotatable bonds is 3. The van der Waals surface area contributed by atoms with Crippen molar-refractivity contribution in [1.82, 2.24) is 4.98 Å². The number of nitro groups is 1. The molecular formula is C7H6ClF2N3O2. The molecule has 0 fully saturated rings. The fraction of sp³-hybridized carbons (Fsp3) is 0.286. The molecule has 8 heteroatoms. The Morgan fingerprint density at radius 3 is 2.67 bits per heavy atom. The summed E-state index contributed by atoms with van der Waals surface area (Å²) in [6, 6.07) is 0. The maximum atomic E-state index is 12.4. The van der Waals surface area contributed by atoms with E-state index in [1.54, 1.807) is 0 Å². The van der Waals surface area contributed by atoms with E-state index in [2.05, 4.69) is 4.98 Å². The van der Waals surface area contributed by atoms with Crippen molar-refractivity contribution in [3.8, 4) is 0 Å². The van der Waals surface area contributed by atoms with Crippen molar-refractivity contribution in [2.75, 3.05) is 5.73 Å². The van der Waals surface area contributed by atoms with Gasteiger partial charge in [-0.05, 0) is 0 Å². The van der Waals surface area contributed by atoms with Crippen LogP contribution in [0.4, 0.5) is 20.3 Å². The van der Waals surface area contributed by atoms with Crippen LogP contribution in [0.3, 0.4) is 0 Å². The molecule has 15 heavy (non-hydrogen) atoms. The molecule has 1 aromatic heterocycles. The molecule has 1 heterocycles. The molecule has 1 rings (SSSR count). The molecule has 0 aliphatic heterocycles. The number of nitrogens with two attached hydrogens (primary N) is 1. The van der Waals surface area contributed by atoms with Crippen molar-refractivity contribution in [2.24, 2.45) is 0 Å². The molecular weight excluding hydrogens is 232 g/mol. The van der Waals surface area contributed by atoms with Crippen molar-refractivity contribution >= 4 is 23.1 Å². The lowest BCUT2D eigenvalue weighted by Crippen LogP contribution is -2.05. The van der Waals surface area contributed by atoms with E-state index in [4.69, 9.17) is 17.3 Å². The summed E-state index contributed by atoms with van der Waals surface area (Å²) in [6.45, 7) is 0. The minimum atomic E-state index is -2.99. The molecule has 0 aromatic carbocycles. The Morgan fingerprint density at radius 1 is 1.67 bits per heavy atom. The van der Waals surface area contributed by atoms with E-state index in [1.807, 2.05) is 0 Å². The Labute approximate surface area is 88.0 Å². The number of pyridine rings is 1. The second-order valence-electron chi connectivity index (χ2n) is 2.62. The van der Waals surface area contributed by atoms with Crippen molar-refractivity contribution in [2.45, 2.75) is 12.3 Å². The van der Waals surface area contributed by atoms with E-state index in [0.29, 0.717) is 6.20 Å². The van der Waals surface area contributed by atoms with Gasteiger partial charge in [-0.3, -0.25) is 10.1 Å². The van der Waals surface area contributed by atoms with E-state index >= 15 is 0 Å². The van der Waals surface area contributed by atoms with Crippen molar-refractivity contribution in [3.63, 3.8) is 0 Å². The summed E-state index contributed by atoms with van der Waals surface area (Å²) >= 11 is 5.39. The molecule has 5 nitrogen and oxygen atoms in total. The van der Waals surface area contributed by atoms with Gasteiger partial charge in [0, 0.05) is 6.20 Å². The van der Waals surface area contributed by atoms with Gasteiger partial charge in [-0.1, -0.05) is 0 Å². The quantitative estimate of drug-likeness (QED) is 0.497. The molecule has 0 aliphatic rings. The van der Waals surface area contributed by atoms with Crippen molar-refractivity contribution < 1.29 is 13.7 Å². The Balaban J connectivity index is 3.49. The molecule has 0 radical (unpaired) electrons. The van der Waals surface area contributed by atoms with E-state index in [-0.39, 0.29) is 17.3 Å². The van der Waals surface area contributed by atoms with Crippen LogP contribution in [-0.4, -0.2) is 9.91 Å². The van der Waals surface area contributed by atoms with E-state index in [0.717, 1.165) is 0 Å². The highest BCUT2D eigenvalue weighted by Crippen LogP contribution is 2.34. The van der Waals surface area contributed by atoms with Gasteiger partial charge in [0.2, 0.25) is 0 Å². The summed E-state index contributed by atoms with van der Waals surface area (Å²) in [7, 11) is 0. The molecule has 0 bridgehead atoms. The Hall–Kier alpha value is -1.50. The van der Waals surface area contributed by atoms with E-state index in [1.165, 1.54) is 0 Å². The zero-order valence-electron chi connectivity index (χ0n) is 7.28. The number of hydrogen-bond donors (Lipinski definition) is 1. The van der Waals surface area contributed by atoms with Gasteiger partial charge in [0.05, 0.1) is 16.4 Å². The molecule has 0 saturated heterocycles. The van der Waals surface area contributed by atoms with Gasteiger partial charge in [0.1, 0.15) is 11.4 Å². The fourth-order valence-electron chi connectivity index (χ4n) is 1.08.